The van der Waals surface area contributed by atoms with E-state index in [4.69, 9.17) is 30.7 Å². The monoisotopic (exact) mass is 688 g/mol. The van der Waals surface area contributed by atoms with Crippen LogP contribution >= 0.6 is 0 Å². The van der Waals surface area contributed by atoms with Crippen LogP contribution in [0.2, 0.25) is 0 Å². The summed E-state index contributed by atoms with van der Waals surface area (Å²) in [5.41, 5.74) is 0.167. The second kappa shape index (κ2) is 15.9. The van der Waals surface area contributed by atoms with E-state index in [9.17, 15) is 44.6 Å². The third kappa shape index (κ3) is 8.81. The van der Waals surface area contributed by atoms with Crippen LogP contribution in [0.3, 0.4) is 0 Å². The van der Waals surface area contributed by atoms with Crippen molar-refractivity contribution >= 4 is 46.2 Å². The first kappa shape index (κ1) is 36.2. The Kier molecular flexibility index (Phi) is 11.5. The molecular formula is C33H28N4O13. The first-order chi connectivity index (χ1) is 23.8. The minimum absolute atomic E-state index is 0.000736. The van der Waals surface area contributed by atoms with Gasteiger partial charge in [-0.25, -0.2) is 4.85 Å². The Bertz CT molecular complexity index is 2050. The number of phenolic OH excluding ortho intramolecular Hbond substituents is 1. The summed E-state index contributed by atoms with van der Waals surface area (Å²) < 4.78 is 17.3. The van der Waals surface area contributed by atoms with Gasteiger partial charge in [-0.1, -0.05) is 6.07 Å². The number of nitriles is 1. The van der Waals surface area contributed by atoms with Crippen molar-refractivity contribution in [3.8, 4) is 40.0 Å². The summed E-state index contributed by atoms with van der Waals surface area (Å²) >= 11 is 0. The van der Waals surface area contributed by atoms with Gasteiger partial charge in [0.25, 0.3) is 0 Å². The molecule has 0 saturated heterocycles. The number of anilines is 1. The zero-order chi connectivity index (χ0) is 36.5. The first-order valence-corrected chi connectivity index (χ1v) is 14.6. The Hall–Kier alpha value is -6.69. The molecule has 17 heteroatoms. The van der Waals surface area contributed by atoms with E-state index in [0.717, 1.165) is 15.9 Å². The molecule has 258 valence electrons. The van der Waals surface area contributed by atoms with Crippen molar-refractivity contribution in [1.82, 2.24) is 4.90 Å². The minimum Gasteiger partial charge on any atom is -0.519 e. The van der Waals surface area contributed by atoms with E-state index in [0.29, 0.717) is 16.5 Å². The molecule has 5 N–H and O–H groups in total. The fourth-order valence-electron chi connectivity index (χ4n) is 5.13. The molecule has 0 spiro atoms. The maximum atomic E-state index is 12.5. The molecule has 0 atom stereocenters. The normalized spacial score (nSPS) is 10.9. The molecule has 1 aliphatic heterocycles. The summed E-state index contributed by atoms with van der Waals surface area (Å²) in [4.78, 5) is 63.5. The number of rotatable bonds is 17. The highest BCUT2D eigenvalue weighted by Crippen LogP contribution is 2.45. The van der Waals surface area contributed by atoms with E-state index in [1.807, 2.05) is 6.07 Å². The molecule has 2 aromatic carbocycles. The highest BCUT2D eigenvalue weighted by molar-refractivity contribution is 6.04. The molecule has 0 radical (unpaired) electrons. The van der Waals surface area contributed by atoms with Gasteiger partial charge in [-0.2, -0.15) is 5.26 Å². The van der Waals surface area contributed by atoms with E-state index in [-0.39, 0.29) is 71.7 Å². The Labute approximate surface area is 282 Å². The fourth-order valence-corrected chi connectivity index (χ4v) is 5.13. The zero-order valence-corrected chi connectivity index (χ0v) is 26.0. The van der Waals surface area contributed by atoms with Crippen LogP contribution < -0.4 is 15.1 Å². The van der Waals surface area contributed by atoms with Gasteiger partial charge in [0, 0.05) is 35.2 Å². The lowest BCUT2D eigenvalue weighted by Gasteiger charge is -2.25. The predicted molar refractivity (Wildman–Crippen MR) is 173 cm³/mol. The van der Waals surface area contributed by atoms with E-state index < -0.39 is 55.5 Å². The molecule has 50 heavy (non-hydrogen) atoms. The second-order valence-electron chi connectivity index (χ2n) is 10.7. The summed E-state index contributed by atoms with van der Waals surface area (Å²) in [7, 11) is 0. The van der Waals surface area contributed by atoms with Gasteiger partial charge in [0.1, 0.15) is 54.2 Å². The van der Waals surface area contributed by atoms with Crippen LogP contribution in [0.5, 0.6) is 11.5 Å². The van der Waals surface area contributed by atoms with Gasteiger partial charge in [-0.05, 0) is 29.8 Å². The highest BCUT2D eigenvalue weighted by atomic mass is 16.5. The number of hydrogen-bond acceptors (Lipinski definition) is 12. The summed E-state index contributed by atoms with van der Waals surface area (Å²) in [6, 6.07) is 11.2. The molecule has 0 unspecified atom stereocenters. The molecular weight excluding hydrogens is 660 g/mol. The van der Waals surface area contributed by atoms with Crippen molar-refractivity contribution in [1.29, 1.82) is 5.26 Å². The van der Waals surface area contributed by atoms with Crippen LogP contribution in [0.25, 0.3) is 38.3 Å². The van der Waals surface area contributed by atoms with Gasteiger partial charge in [-0.15, -0.1) is 0 Å². The topological polar surface area (TPSA) is 253 Å². The predicted octanol–water partition coefficient (Wildman–Crippen LogP) is 2.54. The molecule has 2 aromatic rings. The van der Waals surface area contributed by atoms with Gasteiger partial charge in [0.2, 0.25) is 5.69 Å². The van der Waals surface area contributed by atoms with Crippen molar-refractivity contribution < 1.29 is 58.6 Å². The molecule has 0 bridgehead atoms. The molecule has 4 rings (SSSR count). The summed E-state index contributed by atoms with van der Waals surface area (Å²) in [5.74, 6) is -5.44. The van der Waals surface area contributed by atoms with Crippen LogP contribution in [0.1, 0.15) is 5.56 Å². The van der Waals surface area contributed by atoms with Crippen LogP contribution in [-0.2, 0) is 23.9 Å². The molecule has 2 aliphatic rings. The highest BCUT2D eigenvalue weighted by Gasteiger charge is 2.24. The van der Waals surface area contributed by atoms with Crippen molar-refractivity contribution in [3.05, 3.63) is 69.7 Å². The number of nitrogens with zero attached hydrogens (tertiary/aromatic N) is 4. The van der Waals surface area contributed by atoms with Crippen molar-refractivity contribution in [3.63, 3.8) is 0 Å². The van der Waals surface area contributed by atoms with Gasteiger partial charge >= 0.3 is 23.9 Å². The number of aromatic hydroxyl groups is 1. The molecule has 1 heterocycles. The van der Waals surface area contributed by atoms with E-state index >= 15 is 0 Å². The largest absolute Gasteiger partial charge is 0.519 e. The average molecular weight is 689 g/mol. The molecule has 0 amide bonds. The average Bonchev–Trinajstić information content (AvgIpc) is 3.03. The smallest absolute Gasteiger partial charge is 0.323 e. The number of carbonyl (C=O) groups is 4. The lowest BCUT2D eigenvalue weighted by Crippen LogP contribution is -2.37. The molecule has 0 aromatic heterocycles. The van der Waals surface area contributed by atoms with Crippen molar-refractivity contribution in [2.24, 2.45) is 0 Å². The van der Waals surface area contributed by atoms with E-state index in [2.05, 4.69) is 4.85 Å². The van der Waals surface area contributed by atoms with E-state index in [1.54, 1.807) is 0 Å². The van der Waals surface area contributed by atoms with Crippen molar-refractivity contribution in [2.45, 2.75) is 0 Å². The number of phenols is 1. The van der Waals surface area contributed by atoms with Crippen molar-refractivity contribution in [2.75, 3.05) is 57.4 Å². The number of aliphatic carboxylic acids is 4. The lowest BCUT2D eigenvalue weighted by molar-refractivity contribution is -0.142. The maximum absolute atomic E-state index is 12.5. The Morgan fingerprint density at radius 2 is 1.54 bits per heavy atom. The van der Waals surface area contributed by atoms with Crippen LogP contribution in [-0.4, -0.2) is 107 Å². The zero-order valence-electron chi connectivity index (χ0n) is 26.0. The van der Waals surface area contributed by atoms with Gasteiger partial charge < -0.3 is 44.3 Å². The Morgan fingerprint density at radius 3 is 2.14 bits per heavy atom. The number of benzene rings is 3. The number of ether oxygens (including phenoxy) is 2. The standard InChI is InChI=1S/C33H28N4O13/c1-35-22-10-21-27(12-25(22)39)50-26-11-24(38)19(13-34)8-20(26)33(21)18-2-3-23(37(16-31(44)45)17-32(46)47)28(9-18)49-7-6-48-5-4-36(14-29(40)41)15-30(42)43/h2-3,8-12,39H,4-7,14-17H2,(H,40,41)(H,42,43)(H,44,45)(H,46,47). The molecule has 0 fully saturated rings. The quantitative estimate of drug-likeness (QED) is 0.0607. The summed E-state index contributed by atoms with van der Waals surface area (Å²) in [6.07, 6.45) is 0. The van der Waals surface area contributed by atoms with Crippen LogP contribution in [0, 0.1) is 17.9 Å². The Balaban J connectivity index is 1.78. The van der Waals surface area contributed by atoms with Gasteiger partial charge in [0.15, 0.2) is 5.43 Å². The van der Waals surface area contributed by atoms with Crippen LogP contribution in [0.4, 0.5) is 11.4 Å². The molecule has 1 aliphatic carbocycles. The van der Waals surface area contributed by atoms with E-state index in [1.165, 1.54) is 36.4 Å². The molecule has 17 nitrogen and oxygen atoms in total. The van der Waals surface area contributed by atoms with Gasteiger partial charge in [0.05, 0.1) is 38.6 Å². The Morgan fingerprint density at radius 1 is 0.880 bits per heavy atom. The third-order valence-corrected chi connectivity index (χ3v) is 7.15. The molecule has 0 saturated carbocycles. The SMILES string of the molecule is [C-]#[N+]c1cc2c(-c3ccc(N(CC(=O)O)CC(=O)O)c(OCCOCCN(CC(=O)O)CC(=O)O)c3)c3cc(C#N)c(=O)cc-3oc2cc1O. The second-order valence-corrected chi connectivity index (χ2v) is 10.7. The number of hydrogen-bond donors (Lipinski definition) is 5. The minimum atomic E-state index is -1.33. The third-order valence-electron chi connectivity index (χ3n) is 7.15. The first-order valence-electron chi connectivity index (χ1n) is 14.6. The maximum Gasteiger partial charge on any atom is 0.323 e. The van der Waals surface area contributed by atoms with Gasteiger partial charge in [-0.3, -0.25) is 28.9 Å². The van der Waals surface area contributed by atoms with Crippen LogP contribution in [0.15, 0.2) is 51.7 Å². The summed E-state index contributed by atoms with van der Waals surface area (Å²) in [6.45, 7) is 4.63. The fraction of sp³-hybridized carbons (Fsp3) is 0.242. The summed E-state index contributed by atoms with van der Waals surface area (Å²) in [5, 5.41) is 57.3. The number of fused-ring (bicyclic) bond motifs is 2. The number of carboxylic acid groups (broad SMARTS) is 4. The lowest BCUT2D eigenvalue weighted by atomic mass is 9.92. The number of carboxylic acids is 4.